The molecule has 122 valence electrons. The van der Waals surface area contributed by atoms with Crippen molar-refractivity contribution in [3.63, 3.8) is 0 Å². The number of rotatable bonds is 6. The normalized spacial score (nSPS) is 24.5. The molecule has 0 radical (unpaired) electrons. The Morgan fingerprint density at radius 1 is 0.739 bits per heavy atom. The lowest BCUT2D eigenvalue weighted by Crippen LogP contribution is -2.58. The van der Waals surface area contributed by atoms with Crippen molar-refractivity contribution < 1.29 is 0 Å². The lowest BCUT2D eigenvalue weighted by Gasteiger charge is -2.37. The first-order valence-electron chi connectivity index (χ1n) is 8.63. The predicted molar refractivity (Wildman–Crippen MR) is 96.0 cm³/mol. The van der Waals surface area contributed by atoms with E-state index in [9.17, 15) is 0 Å². The van der Waals surface area contributed by atoms with Crippen LogP contribution in [0.15, 0.2) is 60.7 Å². The van der Waals surface area contributed by atoms with Gasteiger partial charge in [0.25, 0.3) is 0 Å². The molecule has 0 saturated heterocycles. The molecular weight excluding hydrogens is 282 g/mol. The molecule has 2 aromatic carbocycles. The quantitative estimate of drug-likeness (QED) is 0.769. The van der Waals surface area contributed by atoms with E-state index in [1.807, 2.05) is 0 Å². The first-order valence-corrected chi connectivity index (χ1v) is 8.63. The van der Waals surface area contributed by atoms with Crippen LogP contribution in [0, 0.1) is 0 Å². The summed E-state index contributed by atoms with van der Waals surface area (Å²) in [6.45, 7) is 1.79. The van der Waals surface area contributed by atoms with Crippen LogP contribution in [0.3, 0.4) is 0 Å². The first-order chi connectivity index (χ1) is 11.3. The molecule has 3 atom stereocenters. The van der Waals surface area contributed by atoms with E-state index in [0.29, 0.717) is 12.1 Å². The van der Waals surface area contributed by atoms with Gasteiger partial charge in [-0.05, 0) is 24.0 Å². The molecule has 1 aliphatic carbocycles. The summed E-state index contributed by atoms with van der Waals surface area (Å²) in [4.78, 5) is 0. The third kappa shape index (κ3) is 4.64. The van der Waals surface area contributed by atoms with Crippen molar-refractivity contribution in [3.8, 4) is 0 Å². The van der Waals surface area contributed by atoms with Crippen LogP contribution in [-0.2, 0) is 13.1 Å². The Hall–Kier alpha value is -1.68. The van der Waals surface area contributed by atoms with Gasteiger partial charge in [-0.3, -0.25) is 0 Å². The Labute approximate surface area is 139 Å². The summed E-state index contributed by atoms with van der Waals surface area (Å²) in [6, 6.07) is 22.0. The second-order valence-corrected chi connectivity index (χ2v) is 6.45. The molecule has 1 fully saturated rings. The molecule has 0 bridgehead atoms. The second kappa shape index (κ2) is 8.25. The van der Waals surface area contributed by atoms with E-state index in [1.54, 1.807) is 0 Å². The van der Waals surface area contributed by atoms with Crippen LogP contribution in [-0.4, -0.2) is 18.1 Å². The molecule has 0 unspecified atom stereocenters. The molecule has 1 saturated carbocycles. The highest BCUT2D eigenvalue weighted by Gasteiger charge is 2.29. The minimum Gasteiger partial charge on any atom is -0.325 e. The fraction of sp³-hybridized carbons (Fsp3) is 0.400. The SMILES string of the molecule is N[C@@H]1[C@@H](NCc2ccccc2)CCC[C@H]1NCc1ccccc1. The lowest BCUT2D eigenvalue weighted by atomic mass is 9.86. The Morgan fingerprint density at radius 3 is 1.61 bits per heavy atom. The minimum atomic E-state index is 0.163. The third-order valence-electron chi connectivity index (χ3n) is 4.78. The molecule has 2 aromatic rings. The van der Waals surface area contributed by atoms with Crippen molar-refractivity contribution >= 4 is 0 Å². The highest BCUT2D eigenvalue weighted by molar-refractivity contribution is 5.15. The molecule has 0 spiro atoms. The van der Waals surface area contributed by atoms with Gasteiger partial charge < -0.3 is 16.4 Å². The first kappa shape index (κ1) is 16.2. The van der Waals surface area contributed by atoms with Crippen molar-refractivity contribution in [2.24, 2.45) is 5.73 Å². The van der Waals surface area contributed by atoms with Crippen molar-refractivity contribution in [2.45, 2.75) is 50.5 Å². The van der Waals surface area contributed by atoms with Crippen molar-refractivity contribution in [1.29, 1.82) is 0 Å². The molecule has 1 aliphatic rings. The van der Waals surface area contributed by atoms with Crippen molar-refractivity contribution in [2.75, 3.05) is 0 Å². The molecule has 23 heavy (non-hydrogen) atoms. The molecular formula is C20H27N3. The standard InChI is InChI=1S/C20H27N3/c21-20-18(22-14-16-8-3-1-4-9-16)12-7-13-19(20)23-15-17-10-5-2-6-11-17/h1-6,8-11,18-20,22-23H,7,12-15,21H2/t18-,19+,20+. The summed E-state index contributed by atoms with van der Waals surface area (Å²) >= 11 is 0. The zero-order chi connectivity index (χ0) is 15.9. The van der Waals surface area contributed by atoms with Gasteiger partial charge in [0.1, 0.15) is 0 Å². The van der Waals surface area contributed by atoms with Gasteiger partial charge >= 0.3 is 0 Å². The lowest BCUT2D eigenvalue weighted by molar-refractivity contribution is 0.258. The smallest absolute Gasteiger partial charge is 0.0350 e. The zero-order valence-electron chi connectivity index (χ0n) is 13.6. The van der Waals surface area contributed by atoms with Crippen molar-refractivity contribution in [3.05, 3.63) is 71.8 Å². The summed E-state index contributed by atoms with van der Waals surface area (Å²) in [5, 5.41) is 7.30. The van der Waals surface area contributed by atoms with Crippen LogP contribution in [0.4, 0.5) is 0 Å². The number of hydrogen-bond donors (Lipinski definition) is 3. The van der Waals surface area contributed by atoms with Crippen LogP contribution >= 0.6 is 0 Å². The van der Waals surface area contributed by atoms with E-state index in [4.69, 9.17) is 5.73 Å². The van der Waals surface area contributed by atoms with E-state index < -0.39 is 0 Å². The number of hydrogen-bond acceptors (Lipinski definition) is 3. The van der Waals surface area contributed by atoms with Gasteiger partial charge in [0, 0.05) is 31.2 Å². The van der Waals surface area contributed by atoms with Gasteiger partial charge in [-0.15, -0.1) is 0 Å². The topological polar surface area (TPSA) is 50.1 Å². The number of benzene rings is 2. The molecule has 3 nitrogen and oxygen atoms in total. The summed E-state index contributed by atoms with van der Waals surface area (Å²) in [5.74, 6) is 0. The van der Waals surface area contributed by atoms with Gasteiger partial charge in [-0.1, -0.05) is 67.1 Å². The maximum Gasteiger partial charge on any atom is 0.0350 e. The van der Waals surface area contributed by atoms with Crippen molar-refractivity contribution in [1.82, 2.24) is 10.6 Å². The highest BCUT2D eigenvalue weighted by Crippen LogP contribution is 2.19. The van der Waals surface area contributed by atoms with Gasteiger partial charge in [-0.2, -0.15) is 0 Å². The maximum atomic E-state index is 6.53. The van der Waals surface area contributed by atoms with Crippen LogP contribution in [0.25, 0.3) is 0 Å². The fourth-order valence-electron chi connectivity index (χ4n) is 3.39. The largest absolute Gasteiger partial charge is 0.325 e. The molecule has 3 heteroatoms. The number of nitrogens with one attached hydrogen (secondary N) is 2. The summed E-state index contributed by atoms with van der Waals surface area (Å²) in [7, 11) is 0. The minimum absolute atomic E-state index is 0.163. The summed E-state index contributed by atoms with van der Waals surface area (Å²) in [5.41, 5.74) is 9.16. The number of nitrogens with two attached hydrogens (primary N) is 1. The molecule has 4 N–H and O–H groups in total. The average molecular weight is 309 g/mol. The molecule has 0 aromatic heterocycles. The van der Waals surface area contributed by atoms with Gasteiger partial charge in [0.15, 0.2) is 0 Å². The van der Waals surface area contributed by atoms with Gasteiger partial charge in [0.05, 0.1) is 0 Å². The van der Waals surface area contributed by atoms with Gasteiger partial charge in [0.2, 0.25) is 0 Å². The van der Waals surface area contributed by atoms with Crippen LogP contribution in [0.5, 0.6) is 0 Å². The fourth-order valence-corrected chi connectivity index (χ4v) is 3.39. The highest BCUT2D eigenvalue weighted by atomic mass is 15.0. The Morgan fingerprint density at radius 2 is 1.17 bits per heavy atom. The van der Waals surface area contributed by atoms with Crippen LogP contribution in [0.1, 0.15) is 30.4 Å². The van der Waals surface area contributed by atoms with E-state index in [1.165, 1.54) is 17.5 Å². The van der Waals surface area contributed by atoms with Crippen LogP contribution in [0.2, 0.25) is 0 Å². The Bertz CT molecular complexity index is 518. The van der Waals surface area contributed by atoms with E-state index >= 15 is 0 Å². The van der Waals surface area contributed by atoms with Crippen LogP contribution < -0.4 is 16.4 Å². The summed E-state index contributed by atoms with van der Waals surface area (Å²) in [6.07, 6.45) is 3.56. The Balaban J connectivity index is 1.50. The molecule has 0 aliphatic heterocycles. The average Bonchev–Trinajstić information content (AvgIpc) is 2.61. The Kier molecular flexibility index (Phi) is 5.81. The second-order valence-electron chi connectivity index (χ2n) is 6.45. The monoisotopic (exact) mass is 309 g/mol. The summed E-state index contributed by atoms with van der Waals surface area (Å²) < 4.78 is 0. The molecule has 0 amide bonds. The zero-order valence-corrected chi connectivity index (χ0v) is 13.6. The molecule has 0 heterocycles. The maximum absolute atomic E-state index is 6.53. The van der Waals surface area contributed by atoms with E-state index in [0.717, 1.165) is 25.9 Å². The molecule has 3 rings (SSSR count). The van der Waals surface area contributed by atoms with E-state index in [2.05, 4.69) is 71.3 Å². The van der Waals surface area contributed by atoms with Gasteiger partial charge in [-0.25, -0.2) is 0 Å². The predicted octanol–water partition coefficient (Wildman–Crippen LogP) is 2.81. The third-order valence-corrected chi connectivity index (χ3v) is 4.78. The van der Waals surface area contributed by atoms with E-state index in [-0.39, 0.29) is 6.04 Å².